The van der Waals surface area contributed by atoms with Crippen LogP contribution in [0.1, 0.15) is 18.9 Å². The molecule has 1 aromatic heterocycles. The molecule has 0 saturated heterocycles. The Morgan fingerprint density at radius 1 is 1.91 bits per heavy atom. The van der Waals surface area contributed by atoms with Gasteiger partial charge >= 0.3 is 0 Å². The van der Waals surface area contributed by atoms with Gasteiger partial charge in [0.25, 0.3) is 0 Å². The molecule has 0 aliphatic heterocycles. The zero-order valence-corrected chi connectivity index (χ0v) is 6.58. The van der Waals surface area contributed by atoms with Crippen LogP contribution in [0.4, 0.5) is 0 Å². The molecule has 0 aliphatic rings. The Bertz CT molecular complexity index is 206. The van der Waals surface area contributed by atoms with E-state index in [0.717, 1.165) is 5.82 Å². The van der Waals surface area contributed by atoms with Crippen molar-refractivity contribution in [2.45, 2.75) is 13.0 Å². The second-order valence-corrected chi connectivity index (χ2v) is 2.09. The fourth-order valence-corrected chi connectivity index (χ4v) is 0.871. The minimum atomic E-state index is -0.102. The van der Waals surface area contributed by atoms with Crippen LogP contribution in [0.3, 0.4) is 0 Å². The first-order chi connectivity index (χ1) is 5.38. The van der Waals surface area contributed by atoms with Crippen molar-refractivity contribution in [1.29, 1.82) is 0 Å². The molecule has 1 N–H and O–H groups in total. The number of nitrogens with one attached hydrogen (secondary N) is 1. The zero-order chi connectivity index (χ0) is 8.10. The number of H-pyrrole nitrogens is 1. The average molecular weight is 152 g/mol. The highest BCUT2D eigenvalue weighted by atomic mass is 16.5. The maximum atomic E-state index is 5.32. The number of nitrogens with zero attached hydrogens (tertiary/aromatic N) is 1. The number of aromatic amines is 1. The minimum Gasteiger partial charge on any atom is -0.366 e. The molecule has 11 heavy (non-hydrogen) atoms. The highest BCUT2D eigenvalue weighted by molar-refractivity contribution is 5.00. The zero-order valence-electron chi connectivity index (χ0n) is 6.58. The summed E-state index contributed by atoms with van der Waals surface area (Å²) in [5, 5.41) is 0. The van der Waals surface area contributed by atoms with Crippen LogP contribution in [0.2, 0.25) is 0 Å². The van der Waals surface area contributed by atoms with Crippen molar-refractivity contribution < 1.29 is 4.74 Å². The fourth-order valence-electron chi connectivity index (χ4n) is 0.871. The summed E-state index contributed by atoms with van der Waals surface area (Å²) >= 11 is 0. The molecule has 0 amide bonds. The predicted octanol–water partition coefficient (Wildman–Crippen LogP) is 1.67. The molecule has 1 unspecified atom stereocenters. The summed E-state index contributed by atoms with van der Waals surface area (Å²) in [7, 11) is 0. The van der Waals surface area contributed by atoms with Gasteiger partial charge in [-0.2, -0.15) is 0 Å². The molecule has 0 fully saturated rings. The summed E-state index contributed by atoms with van der Waals surface area (Å²) in [6.07, 6.45) is 5.09. The van der Waals surface area contributed by atoms with Crippen molar-refractivity contribution in [1.82, 2.24) is 9.97 Å². The number of ether oxygens (including phenoxy) is 1. The van der Waals surface area contributed by atoms with Crippen molar-refractivity contribution in [2.75, 3.05) is 6.61 Å². The molecule has 1 heterocycles. The summed E-state index contributed by atoms with van der Waals surface area (Å²) in [5.74, 6) is 0.807. The van der Waals surface area contributed by atoms with Gasteiger partial charge in [-0.25, -0.2) is 4.98 Å². The van der Waals surface area contributed by atoms with Gasteiger partial charge in [0, 0.05) is 19.0 Å². The molecule has 0 spiro atoms. The maximum absolute atomic E-state index is 5.32. The third-order valence-corrected chi connectivity index (χ3v) is 1.35. The van der Waals surface area contributed by atoms with Crippen LogP contribution in [-0.2, 0) is 4.74 Å². The van der Waals surface area contributed by atoms with E-state index < -0.39 is 0 Å². The van der Waals surface area contributed by atoms with Crippen molar-refractivity contribution >= 4 is 0 Å². The van der Waals surface area contributed by atoms with Gasteiger partial charge in [-0.3, -0.25) is 0 Å². The van der Waals surface area contributed by atoms with Crippen LogP contribution < -0.4 is 0 Å². The van der Waals surface area contributed by atoms with Crippen LogP contribution in [0.25, 0.3) is 0 Å². The molecule has 3 nitrogen and oxygen atoms in total. The number of imidazole rings is 1. The van der Waals surface area contributed by atoms with Crippen LogP contribution in [0, 0.1) is 0 Å². The van der Waals surface area contributed by atoms with Crippen LogP contribution in [0.5, 0.6) is 0 Å². The molecule has 60 valence electrons. The lowest BCUT2D eigenvalue weighted by molar-refractivity contribution is 0.0915. The maximum Gasteiger partial charge on any atom is 0.139 e. The van der Waals surface area contributed by atoms with Gasteiger partial charge in [-0.1, -0.05) is 6.08 Å². The lowest BCUT2D eigenvalue weighted by Crippen LogP contribution is -2.02. The Balaban J connectivity index is 2.63. The normalized spacial score (nSPS) is 12.8. The topological polar surface area (TPSA) is 37.9 Å². The fraction of sp³-hybridized carbons (Fsp3) is 0.375. The predicted molar refractivity (Wildman–Crippen MR) is 43.2 cm³/mol. The Kier molecular flexibility index (Phi) is 2.86. The first kappa shape index (κ1) is 8.01. The van der Waals surface area contributed by atoms with E-state index in [9.17, 15) is 0 Å². The van der Waals surface area contributed by atoms with E-state index in [4.69, 9.17) is 4.74 Å². The van der Waals surface area contributed by atoms with Crippen LogP contribution in [0.15, 0.2) is 25.0 Å². The molecule has 0 saturated carbocycles. The number of hydrogen-bond acceptors (Lipinski definition) is 2. The molecule has 0 aliphatic carbocycles. The van der Waals surface area contributed by atoms with Crippen molar-refractivity contribution in [3.05, 3.63) is 30.9 Å². The van der Waals surface area contributed by atoms with Gasteiger partial charge in [0.1, 0.15) is 11.9 Å². The van der Waals surface area contributed by atoms with Gasteiger partial charge in [-0.15, -0.1) is 6.58 Å². The Labute approximate surface area is 66.1 Å². The highest BCUT2D eigenvalue weighted by Crippen LogP contribution is 2.12. The monoisotopic (exact) mass is 152 g/mol. The van der Waals surface area contributed by atoms with Gasteiger partial charge in [0.2, 0.25) is 0 Å². The van der Waals surface area contributed by atoms with Crippen LogP contribution >= 0.6 is 0 Å². The smallest absolute Gasteiger partial charge is 0.139 e. The molecule has 1 atom stereocenters. The largest absolute Gasteiger partial charge is 0.366 e. The molecular weight excluding hydrogens is 140 g/mol. The van der Waals surface area contributed by atoms with E-state index in [0.29, 0.717) is 6.61 Å². The van der Waals surface area contributed by atoms with Gasteiger partial charge < -0.3 is 9.72 Å². The van der Waals surface area contributed by atoms with Crippen LogP contribution in [-0.4, -0.2) is 16.6 Å². The van der Waals surface area contributed by atoms with E-state index in [1.54, 1.807) is 18.5 Å². The Morgan fingerprint density at radius 3 is 3.18 bits per heavy atom. The quantitative estimate of drug-likeness (QED) is 0.666. The Morgan fingerprint density at radius 2 is 2.73 bits per heavy atom. The van der Waals surface area contributed by atoms with E-state index in [2.05, 4.69) is 16.5 Å². The van der Waals surface area contributed by atoms with E-state index in [-0.39, 0.29) is 6.10 Å². The summed E-state index contributed by atoms with van der Waals surface area (Å²) in [6, 6.07) is 0. The van der Waals surface area contributed by atoms with Gasteiger partial charge in [0.15, 0.2) is 0 Å². The summed E-state index contributed by atoms with van der Waals surface area (Å²) in [5.41, 5.74) is 0. The molecule has 0 radical (unpaired) electrons. The third-order valence-electron chi connectivity index (χ3n) is 1.35. The molecule has 1 rings (SSSR count). The molecule has 1 aromatic rings. The van der Waals surface area contributed by atoms with E-state index in [1.165, 1.54) is 0 Å². The second-order valence-electron chi connectivity index (χ2n) is 2.09. The van der Waals surface area contributed by atoms with Gasteiger partial charge in [0.05, 0.1) is 0 Å². The first-order valence-electron chi connectivity index (χ1n) is 3.62. The number of hydrogen-bond donors (Lipinski definition) is 1. The van der Waals surface area contributed by atoms with Crippen molar-refractivity contribution in [2.24, 2.45) is 0 Å². The van der Waals surface area contributed by atoms with Crippen molar-refractivity contribution in [3.8, 4) is 0 Å². The summed E-state index contributed by atoms with van der Waals surface area (Å²) in [6.45, 7) is 6.26. The number of aromatic nitrogens is 2. The first-order valence-corrected chi connectivity index (χ1v) is 3.62. The lowest BCUT2D eigenvalue weighted by Gasteiger charge is -2.08. The average Bonchev–Trinajstić information content (AvgIpc) is 2.52. The van der Waals surface area contributed by atoms with E-state index in [1.807, 2.05) is 6.92 Å². The summed E-state index contributed by atoms with van der Waals surface area (Å²) < 4.78 is 5.32. The minimum absolute atomic E-state index is 0.102. The second kappa shape index (κ2) is 3.93. The molecular formula is C8H12N2O. The highest BCUT2D eigenvalue weighted by Gasteiger charge is 2.07. The number of rotatable bonds is 4. The Hall–Kier alpha value is -1.09. The molecule has 3 heteroatoms. The SMILES string of the molecule is C=CC(OCC)c1ncc[nH]1. The van der Waals surface area contributed by atoms with E-state index >= 15 is 0 Å². The lowest BCUT2D eigenvalue weighted by atomic mass is 10.3. The van der Waals surface area contributed by atoms with Crippen molar-refractivity contribution in [3.63, 3.8) is 0 Å². The molecule has 0 aromatic carbocycles. The van der Waals surface area contributed by atoms with Gasteiger partial charge in [-0.05, 0) is 6.92 Å². The summed E-state index contributed by atoms with van der Waals surface area (Å²) in [4.78, 5) is 7.02. The molecule has 0 bridgehead atoms. The third kappa shape index (κ3) is 1.91. The standard InChI is InChI=1S/C8H12N2O/c1-3-7(11-4-2)8-9-5-6-10-8/h3,5-7H,1,4H2,2H3,(H,9,10).